The summed E-state index contributed by atoms with van der Waals surface area (Å²) < 4.78 is 5.97. The van der Waals surface area contributed by atoms with Gasteiger partial charge in [0, 0.05) is 23.5 Å². The van der Waals surface area contributed by atoms with Crippen LogP contribution < -0.4 is 11.5 Å². The van der Waals surface area contributed by atoms with Crippen LogP contribution in [0.2, 0.25) is 0 Å². The van der Waals surface area contributed by atoms with Crippen LogP contribution in [0, 0.1) is 0 Å². The largest absolute Gasteiger partial charge is 0.399 e. The quantitative estimate of drug-likeness (QED) is 0.413. The Morgan fingerprint density at radius 1 is 1.07 bits per heavy atom. The summed E-state index contributed by atoms with van der Waals surface area (Å²) in [5.41, 5.74) is 14.7. The summed E-state index contributed by atoms with van der Waals surface area (Å²) in [4.78, 5) is 14.7. The first-order valence-electron chi connectivity index (χ1n) is 9.94. The second-order valence-electron chi connectivity index (χ2n) is 8.24. The Balaban J connectivity index is 1.42. The van der Waals surface area contributed by atoms with Gasteiger partial charge in [-0.05, 0) is 82.0 Å². The Labute approximate surface area is 167 Å². The number of rotatable bonds is 8. The van der Waals surface area contributed by atoms with E-state index in [4.69, 9.17) is 16.2 Å². The maximum absolute atomic E-state index is 12.8. The Morgan fingerprint density at radius 3 is 2.25 bits per heavy atom. The zero-order valence-electron chi connectivity index (χ0n) is 17.0. The molecule has 1 saturated heterocycles. The monoisotopic (exact) mass is 381 g/mol. The molecule has 150 valence electrons. The van der Waals surface area contributed by atoms with Crippen LogP contribution in [0.15, 0.2) is 48.5 Å². The molecule has 1 heterocycles. The highest BCUT2D eigenvalue weighted by atomic mass is 16.5. The van der Waals surface area contributed by atoms with Crippen molar-refractivity contribution < 1.29 is 9.53 Å². The molecule has 0 spiro atoms. The number of amides is 1. The summed E-state index contributed by atoms with van der Waals surface area (Å²) in [6.45, 7) is 7.04. The summed E-state index contributed by atoms with van der Waals surface area (Å²) >= 11 is 0. The van der Waals surface area contributed by atoms with E-state index in [1.54, 1.807) is 24.3 Å². The van der Waals surface area contributed by atoms with Crippen molar-refractivity contribution in [1.29, 1.82) is 0 Å². The predicted octanol–water partition coefficient (Wildman–Crippen LogP) is 3.88. The van der Waals surface area contributed by atoms with E-state index in [2.05, 4.69) is 20.8 Å². The SMILES string of the molecule is CC(Cc1ccc(N)cc1)OCCCC1N(C(=O)c2ccc(N)cc2)C1(C)C. The zero-order valence-corrected chi connectivity index (χ0v) is 17.0. The van der Waals surface area contributed by atoms with Gasteiger partial charge in [-0.3, -0.25) is 4.79 Å². The van der Waals surface area contributed by atoms with Gasteiger partial charge in [0.15, 0.2) is 0 Å². The molecule has 0 aromatic heterocycles. The number of nitrogens with two attached hydrogens (primary N) is 2. The van der Waals surface area contributed by atoms with Crippen molar-refractivity contribution >= 4 is 17.3 Å². The third-order valence-electron chi connectivity index (χ3n) is 5.58. The molecule has 2 aromatic rings. The molecular weight excluding hydrogens is 350 g/mol. The summed E-state index contributed by atoms with van der Waals surface area (Å²) in [6.07, 6.45) is 2.91. The molecule has 3 rings (SSSR count). The number of anilines is 2. The number of benzene rings is 2. The molecule has 1 aliphatic heterocycles. The first kappa shape index (κ1) is 20.2. The van der Waals surface area contributed by atoms with Gasteiger partial charge in [-0.25, -0.2) is 0 Å². The van der Waals surface area contributed by atoms with E-state index >= 15 is 0 Å². The van der Waals surface area contributed by atoms with E-state index in [0.717, 1.165) is 24.9 Å². The van der Waals surface area contributed by atoms with E-state index in [1.165, 1.54) is 5.56 Å². The molecule has 1 fully saturated rings. The van der Waals surface area contributed by atoms with E-state index in [1.807, 2.05) is 29.2 Å². The molecular formula is C23H31N3O2. The minimum Gasteiger partial charge on any atom is -0.399 e. The van der Waals surface area contributed by atoms with Crippen LogP contribution in [-0.4, -0.2) is 35.1 Å². The average molecular weight is 382 g/mol. The fraction of sp³-hybridized carbons (Fsp3) is 0.435. The maximum atomic E-state index is 12.8. The molecule has 0 bridgehead atoms. The highest BCUT2D eigenvalue weighted by Gasteiger charge is 2.57. The number of hydrogen-bond acceptors (Lipinski definition) is 4. The number of carbonyl (C=O) groups excluding carboxylic acids is 1. The van der Waals surface area contributed by atoms with Crippen molar-refractivity contribution in [1.82, 2.24) is 4.90 Å². The van der Waals surface area contributed by atoms with Crippen LogP contribution in [0.4, 0.5) is 11.4 Å². The van der Waals surface area contributed by atoms with Crippen molar-refractivity contribution in [3.8, 4) is 0 Å². The zero-order chi connectivity index (χ0) is 20.3. The molecule has 5 heteroatoms. The predicted molar refractivity (Wildman–Crippen MR) is 114 cm³/mol. The standard InChI is InChI=1S/C23H31N3O2/c1-16(15-17-6-10-19(24)11-7-17)28-14-4-5-21-23(2,3)26(21)22(27)18-8-12-20(25)13-9-18/h6-13,16,21H,4-5,14-15,24-25H2,1-3H3. The highest BCUT2D eigenvalue weighted by Crippen LogP contribution is 2.44. The van der Waals surface area contributed by atoms with Crippen molar-refractivity contribution in [3.05, 3.63) is 59.7 Å². The molecule has 0 radical (unpaired) electrons. The summed E-state index contributed by atoms with van der Waals surface area (Å²) in [7, 11) is 0. The Hall–Kier alpha value is -2.53. The Morgan fingerprint density at radius 2 is 1.64 bits per heavy atom. The third kappa shape index (κ3) is 4.65. The van der Waals surface area contributed by atoms with Crippen LogP contribution in [0.1, 0.15) is 49.5 Å². The lowest BCUT2D eigenvalue weighted by molar-refractivity contribution is 0.0629. The van der Waals surface area contributed by atoms with Gasteiger partial charge >= 0.3 is 0 Å². The fourth-order valence-corrected chi connectivity index (χ4v) is 3.82. The topological polar surface area (TPSA) is 81.3 Å². The molecule has 0 aliphatic carbocycles. The Kier molecular flexibility index (Phi) is 5.94. The number of nitrogen functional groups attached to an aromatic ring is 2. The maximum Gasteiger partial charge on any atom is 0.254 e. The first-order chi connectivity index (χ1) is 13.3. The molecule has 5 nitrogen and oxygen atoms in total. The average Bonchev–Trinajstić information content (AvgIpc) is 3.21. The van der Waals surface area contributed by atoms with E-state index in [0.29, 0.717) is 17.9 Å². The lowest BCUT2D eigenvalue weighted by Crippen LogP contribution is -2.18. The van der Waals surface area contributed by atoms with E-state index < -0.39 is 0 Å². The molecule has 1 aliphatic rings. The second-order valence-corrected chi connectivity index (χ2v) is 8.24. The smallest absolute Gasteiger partial charge is 0.254 e. The first-order valence-corrected chi connectivity index (χ1v) is 9.94. The minimum absolute atomic E-state index is 0.0765. The van der Waals surface area contributed by atoms with Crippen molar-refractivity contribution in [2.75, 3.05) is 18.1 Å². The third-order valence-corrected chi connectivity index (χ3v) is 5.58. The van der Waals surface area contributed by atoms with Crippen molar-refractivity contribution in [2.45, 2.75) is 57.7 Å². The van der Waals surface area contributed by atoms with Crippen molar-refractivity contribution in [3.63, 3.8) is 0 Å². The van der Waals surface area contributed by atoms with Crippen molar-refractivity contribution in [2.24, 2.45) is 0 Å². The number of nitrogens with zero attached hydrogens (tertiary/aromatic N) is 1. The number of carbonyl (C=O) groups is 1. The Bertz CT molecular complexity index is 800. The van der Waals surface area contributed by atoms with Gasteiger partial charge in [-0.1, -0.05) is 12.1 Å². The van der Waals surface area contributed by atoms with Gasteiger partial charge in [0.05, 0.1) is 17.7 Å². The summed E-state index contributed by atoms with van der Waals surface area (Å²) in [6, 6.07) is 15.3. The number of ether oxygens (including phenoxy) is 1. The molecule has 1 amide bonds. The molecule has 4 N–H and O–H groups in total. The van der Waals surface area contributed by atoms with Gasteiger partial charge in [0.25, 0.3) is 5.91 Å². The molecule has 2 aromatic carbocycles. The van der Waals surface area contributed by atoms with Crippen LogP contribution in [0.3, 0.4) is 0 Å². The minimum atomic E-state index is -0.103. The molecule has 2 unspecified atom stereocenters. The molecule has 28 heavy (non-hydrogen) atoms. The molecule has 2 atom stereocenters. The van der Waals surface area contributed by atoms with Crippen LogP contribution >= 0.6 is 0 Å². The summed E-state index contributed by atoms with van der Waals surface area (Å²) in [5.74, 6) is 0.0765. The highest BCUT2D eigenvalue weighted by molar-refractivity contribution is 5.97. The van der Waals surface area contributed by atoms with Crippen LogP contribution in [0.25, 0.3) is 0 Å². The van der Waals surface area contributed by atoms with E-state index in [-0.39, 0.29) is 23.6 Å². The number of hydrogen-bond donors (Lipinski definition) is 2. The van der Waals surface area contributed by atoms with Gasteiger partial charge in [-0.15, -0.1) is 0 Å². The fourth-order valence-electron chi connectivity index (χ4n) is 3.82. The second kappa shape index (κ2) is 8.23. The van der Waals surface area contributed by atoms with Crippen LogP contribution in [0.5, 0.6) is 0 Å². The van der Waals surface area contributed by atoms with Gasteiger partial charge < -0.3 is 21.1 Å². The molecule has 0 saturated carbocycles. The lowest BCUT2D eigenvalue weighted by Gasteiger charge is -2.13. The van der Waals surface area contributed by atoms with Gasteiger partial charge in [-0.2, -0.15) is 0 Å². The van der Waals surface area contributed by atoms with E-state index in [9.17, 15) is 4.79 Å². The summed E-state index contributed by atoms with van der Waals surface area (Å²) in [5, 5.41) is 0. The normalized spacial score (nSPS) is 18.7. The van der Waals surface area contributed by atoms with Gasteiger partial charge in [0.1, 0.15) is 0 Å². The van der Waals surface area contributed by atoms with Crippen LogP contribution in [-0.2, 0) is 11.2 Å². The lowest BCUT2D eigenvalue weighted by atomic mass is 10.1. The van der Waals surface area contributed by atoms with Gasteiger partial charge in [0.2, 0.25) is 0 Å².